The minimum Gasteiger partial charge on any atom is -0.395 e. The number of carbonyl (C=O) groups excluding carboxylic acids is 1. The van der Waals surface area contributed by atoms with Gasteiger partial charge in [0.1, 0.15) is 5.82 Å². The van der Waals surface area contributed by atoms with Crippen LogP contribution in [0, 0.1) is 11.7 Å². The number of hydrogen-bond acceptors (Lipinski definition) is 2. The summed E-state index contributed by atoms with van der Waals surface area (Å²) in [4.78, 5) is 12.7. The Morgan fingerprint density at radius 2 is 2.00 bits per heavy atom. The highest BCUT2D eigenvalue weighted by Gasteiger charge is 2.20. The van der Waals surface area contributed by atoms with Gasteiger partial charge in [-0.1, -0.05) is 41.6 Å². The summed E-state index contributed by atoms with van der Waals surface area (Å²) in [5.74, 6) is -0.163. The van der Waals surface area contributed by atoms with Crippen molar-refractivity contribution in [2.75, 3.05) is 13.2 Å². The Kier molecular flexibility index (Phi) is 6.12. The Hall–Kier alpha value is -1.40. The van der Waals surface area contributed by atoms with Crippen molar-refractivity contribution in [1.29, 1.82) is 0 Å². The first-order chi connectivity index (χ1) is 12.1. The van der Waals surface area contributed by atoms with Crippen molar-refractivity contribution < 1.29 is 14.3 Å². The SMILES string of the molecule is O=C(NCC1CCCCCC1)c1cn(CCO)c2cc(Br)cc(F)c12. The molecular weight excluding hydrogens is 387 g/mol. The van der Waals surface area contributed by atoms with Crippen LogP contribution in [0.3, 0.4) is 0 Å². The van der Waals surface area contributed by atoms with Crippen molar-refractivity contribution >= 4 is 32.7 Å². The van der Waals surface area contributed by atoms with Gasteiger partial charge in [0.25, 0.3) is 5.91 Å². The lowest BCUT2D eigenvalue weighted by molar-refractivity contribution is 0.0947. The molecule has 3 rings (SSSR count). The number of rotatable bonds is 5. The van der Waals surface area contributed by atoms with Crippen molar-refractivity contribution in [2.24, 2.45) is 5.92 Å². The fourth-order valence-corrected chi connectivity index (χ4v) is 4.13. The molecule has 0 radical (unpaired) electrons. The van der Waals surface area contributed by atoms with E-state index in [1.807, 2.05) is 0 Å². The molecule has 136 valence electrons. The van der Waals surface area contributed by atoms with E-state index >= 15 is 0 Å². The number of aliphatic hydroxyl groups excluding tert-OH is 1. The molecule has 4 nitrogen and oxygen atoms in total. The van der Waals surface area contributed by atoms with Gasteiger partial charge in [-0.25, -0.2) is 4.39 Å². The highest BCUT2D eigenvalue weighted by atomic mass is 79.9. The van der Waals surface area contributed by atoms with Crippen molar-refractivity contribution in [3.8, 4) is 0 Å². The smallest absolute Gasteiger partial charge is 0.253 e. The monoisotopic (exact) mass is 410 g/mol. The van der Waals surface area contributed by atoms with Crippen LogP contribution in [-0.4, -0.2) is 28.7 Å². The summed E-state index contributed by atoms with van der Waals surface area (Å²) in [6, 6.07) is 3.14. The number of nitrogens with one attached hydrogen (secondary N) is 1. The molecule has 0 spiro atoms. The first-order valence-electron chi connectivity index (χ1n) is 8.97. The third-order valence-electron chi connectivity index (χ3n) is 5.01. The summed E-state index contributed by atoms with van der Waals surface area (Å²) in [7, 11) is 0. The second-order valence-electron chi connectivity index (χ2n) is 6.81. The Morgan fingerprint density at radius 3 is 2.68 bits per heavy atom. The zero-order valence-corrected chi connectivity index (χ0v) is 15.8. The lowest BCUT2D eigenvalue weighted by atomic mass is 10.0. The first-order valence-corrected chi connectivity index (χ1v) is 9.76. The lowest BCUT2D eigenvalue weighted by Gasteiger charge is -2.14. The Balaban J connectivity index is 1.83. The van der Waals surface area contributed by atoms with Gasteiger partial charge in [0.2, 0.25) is 0 Å². The summed E-state index contributed by atoms with van der Waals surface area (Å²) >= 11 is 3.29. The summed E-state index contributed by atoms with van der Waals surface area (Å²) in [5.41, 5.74) is 0.947. The molecule has 1 saturated carbocycles. The fourth-order valence-electron chi connectivity index (χ4n) is 3.71. The Morgan fingerprint density at radius 1 is 1.28 bits per heavy atom. The maximum absolute atomic E-state index is 14.5. The normalized spacial score (nSPS) is 16.1. The second-order valence-corrected chi connectivity index (χ2v) is 7.72. The molecular formula is C19H24BrFN2O2. The number of halogens is 2. The van der Waals surface area contributed by atoms with Gasteiger partial charge in [-0.3, -0.25) is 4.79 Å². The van der Waals surface area contributed by atoms with Crippen LogP contribution in [0.15, 0.2) is 22.8 Å². The van der Waals surface area contributed by atoms with Crippen LogP contribution in [0.2, 0.25) is 0 Å². The van der Waals surface area contributed by atoms with E-state index in [9.17, 15) is 14.3 Å². The molecule has 6 heteroatoms. The summed E-state index contributed by atoms with van der Waals surface area (Å²) in [6.45, 7) is 0.896. The molecule has 1 aliphatic rings. The topological polar surface area (TPSA) is 54.3 Å². The summed E-state index contributed by atoms with van der Waals surface area (Å²) in [6.07, 6.45) is 8.93. The number of amides is 1. The van der Waals surface area contributed by atoms with E-state index < -0.39 is 5.82 Å². The van der Waals surface area contributed by atoms with E-state index in [4.69, 9.17) is 0 Å². The largest absolute Gasteiger partial charge is 0.395 e. The van der Waals surface area contributed by atoms with Crippen molar-refractivity contribution in [3.63, 3.8) is 0 Å². The average molecular weight is 411 g/mol. The molecule has 1 heterocycles. The number of aliphatic hydroxyl groups is 1. The van der Waals surface area contributed by atoms with E-state index in [-0.39, 0.29) is 12.5 Å². The van der Waals surface area contributed by atoms with Crippen LogP contribution in [0.5, 0.6) is 0 Å². The molecule has 2 N–H and O–H groups in total. The van der Waals surface area contributed by atoms with Crippen LogP contribution in [-0.2, 0) is 6.54 Å². The molecule has 0 aliphatic heterocycles. The second kappa shape index (κ2) is 8.32. The molecule has 25 heavy (non-hydrogen) atoms. The third-order valence-corrected chi connectivity index (χ3v) is 5.47. The summed E-state index contributed by atoms with van der Waals surface area (Å²) in [5, 5.41) is 12.5. The van der Waals surface area contributed by atoms with E-state index in [0.29, 0.717) is 39.9 Å². The molecule has 0 bridgehead atoms. The van der Waals surface area contributed by atoms with Crippen LogP contribution in [0.4, 0.5) is 4.39 Å². The average Bonchev–Trinajstić information content (AvgIpc) is 2.77. The van der Waals surface area contributed by atoms with Gasteiger partial charge >= 0.3 is 0 Å². The third kappa shape index (κ3) is 4.23. The minimum atomic E-state index is -0.430. The lowest BCUT2D eigenvalue weighted by Crippen LogP contribution is -2.29. The molecule has 0 unspecified atom stereocenters. The van der Waals surface area contributed by atoms with Gasteiger partial charge in [0, 0.05) is 29.1 Å². The van der Waals surface area contributed by atoms with E-state index in [1.165, 1.54) is 31.7 Å². The molecule has 1 aliphatic carbocycles. The predicted octanol–water partition coefficient (Wildman–Crippen LogP) is 4.24. The Labute approximate surface area is 155 Å². The predicted molar refractivity (Wildman–Crippen MR) is 100 cm³/mol. The minimum absolute atomic E-state index is 0.0684. The zero-order valence-electron chi connectivity index (χ0n) is 14.2. The van der Waals surface area contributed by atoms with E-state index in [1.54, 1.807) is 16.8 Å². The number of benzene rings is 1. The van der Waals surface area contributed by atoms with E-state index in [0.717, 1.165) is 12.8 Å². The molecule has 0 saturated heterocycles. The quantitative estimate of drug-likeness (QED) is 0.724. The molecule has 1 amide bonds. The molecule has 1 aromatic carbocycles. The highest BCUT2D eigenvalue weighted by molar-refractivity contribution is 9.10. The van der Waals surface area contributed by atoms with Crippen molar-refractivity contribution in [1.82, 2.24) is 9.88 Å². The standard InChI is InChI=1S/C19H24BrFN2O2/c20-14-9-16(21)18-15(12-23(7-8-24)17(18)10-14)19(25)22-11-13-5-3-1-2-4-6-13/h9-10,12-13,24H,1-8,11H2,(H,22,25). The van der Waals surface area contributed by atoms with Gasteiger partial charge in [-0.15, -0.1) is 0 Å². The molecule has 1 aromatic heterocycles. The first kappa shape index (κ1) is 18.4. The van der Waals surface area contributed by atoms with Crippen molar-refractivity contribution in [2.45, 2.75) is 45.1 Å². The van der Waals surface area contributed by atoms with Gasteiger partial charge in [-0.2, -0.15) is 0 Å². The van der Waals surface area contributed by atoms with Crippen LogP contribution < -0.4 is 5.32 Å². The maximum Gasteiger partial charge on any atom is 0.253 e. The molecule has 0 atom stereocenters. The molecule has 1 fully saturated rings. The maximum atomic E-state index is 14.5. The van der Waals surface area contributed by atoms with Gasteiger partial charge in [0.05, 0.1) is 17.7 Å². The zero-order chi connectivity index (χ0) is 17.8. The number of aromatic nitrogens is 1. The number of nitrogens with zero attached hydrogens (tertiary/aromatic N) is 1. The highest BCUT2D eigenvalue weighted by Crippen LogP contribution is 2.28. The summed E-state index contributed by atoms with van der Waals surface area (Å²) < 4.78 is 16.8. The van der Waals surface area contributed by atoms with Crippen LogP contribution in [0.1, 0.15) is 48.9 Å². The number of carbonyl (C=O) groups is 1. The Bertz CT molecular complexity index is 751. The number of fused-ring (bicyclic) bond motifs is 1. The fraction of sp³-hybridized carbons (Fsp3) is 0.526. The van der Waals surface area contributed by atoms with Crippen LogP contribution in [0.25, 0.3) is 10.9 Å². The van der Waals surface area contributed by atoms with Gasteiger partial charge in [-0.05, 0) is 30.9 Å². The number of hydrogen-bond donors (Lipinski definition) is 2. The van der Waals surface area contributed by atoms with E-state index in [2.05, 4.69) is 21.2 Å². The van der Waals surface area contributed by atoms with Crippen molar-refractivity contribution in [3.05, 3.63) is 34.2 Å². The molecule has 2 aromatic rings. The van der Waals surface area contributed by atoms with Gasteiger partial charge in [0.15, 0.2) is 0 Å². The van der Waals surface area contributed by atoms with Gasteiger partial charge < -0.3 is 15.0 Å². The van der Waals surface area contributed by atoms with Crippen LogP contribution >= 0.6 is 15.9 Å².